The number of anilines is 1. The van der Waals surface area contributed by atoms with Crippen LogP contribution in [0.4, 0.5) is 5.69 Å². The van der Waals surface area contributed by atoms with Gasteiger partial charge in [0.1, 0.15) is 0 Å². The van der Waals surface area contributed by atoms with E-state index in [1.54, 1.807) is 11.3 Å². The molecule has 0 unspecified atom stereocenters. The minimum absolute atomic E-state index is 0.0575. The van der Waals surface area contributed by atoms with E-state index in [1.807, 2.05) is 38.1 Å². The molecular weight excluding hydrogens is 414 g/mol. The largest absolute Gasteiger partial charge is 0.355 e. The highest BCUT2D eigenvalue weighted by Crippen LogP contribution is 2.21. The number of aromatic nitrogens is 1. The molecule has 2 aromatic carbocycles. The maximum atomic E-state index is 12.0. The first kappa shape index (κ1) is 22.1. The fraction of sp³-hybridized carbons (Fsp3) is 0.261. The van der Waals surface area contributed by atoms with Crippen molar-refractivity contribution < 1.29 is 9.59 Å². The number of carbonyl (C=O) groups is 2. The first-order valence-electron chi connectivity index (χ1n) is 9.72. The molecule has 0 radical (unpaired) electrons. The minimum Gasteiger partial charge on any atom is -0.355 e. The maximum absolute atomic E-state index is 12.0. The zero-order valence-corrected chi connectivity index (χ0v) is 18.7. The Kier molecular flexibility index (Phi) is 8.04. The molecule has 0 aliphatic carbocycles. The van der Waals surface area contributed by atoms with Crippen molar-refractivity contribution in [3.8, 4) is 11.3 Å². The van der Waals surface area contributed by atoms with Crippen molar-refractivity contribution in [2.24, 2.45) is 0 Å². The summed E-state index contributed by atoms with van der Waals surface area (Å²) in [6, 6.07) is 15.9. The maximum Gasteiger partial charge on any atom is 0.234 e. The van der Waals surface area contributed by atoms with Crippen LogP contribution in [0.3, 0.4) is 0 Å². The van der Waals surface area contributed by atoms with Gasteiger partial charge in [0, 0.05) is 23.2 Å². The number of benzene rings is 2. The van der Waals surface area contributed by atoms with E-state index in [0.29, 0.717) is 6.54 Å². The SMILES string of the molecule is Cc1cccc(NC(=O)CSCC(=O)NCCc2ccc(-c3csc(C)n3)cc2)c1. The smallest absolute Gasteiger partial charge is 0.234 e. The van der Waals surface area contributed by atoms with Gasteiger partial charge in [-0.2, -0.15) is 0 Å². The average Bonchev–Trinajstić information content (AvgIpc) is 3.15. The summed E-state index contributed by atoms with van der Waals surface area (Å²) in [4.78, 5) is 28.5. The van der Waals surface area contributed by atoms with Gasteiger partial charge in [0.15, 0.2) is 0 Å². The monoisotopic (exact) mass is 439 g/mol. The Balaban J connectivity index is 1.32. The van der Waals surface area contributed by atoms with Crippen molar-refractivity contribution in [3.05, 3.63) is 70.0 Å². The molecule has 5 nitrogen and oxygen atoms in total. The first-order chi connectivity index (χ1) is 14.5. The van der Waals surface area contributed by atoms with Crippen LogP contribution in [0.5, 0.6) is 0 Å². The quantitative estimate of drug-likeness (QED) is 0.516. The molecule has 30 heavy (non-hydrogen) atoms. The van der Waals surface area contributed by atoms with E-state index >= 15 is 0 Å². The zero-order chi connectivity index (χ0) is 21.3. The van der Waals surface area contributed by atoms with Gasteiger partial charge >= 0.3 is 0 Å². The summed E-state index contributed by atoms with van der Waals surface area (Å²) in [5.74, 6) is 0.356. The Morgan fingerprint density at radius 3 is 2.50 bits per heavy atom. The number of hydrogen-bond acceptors (Lipinski definition) is 5. The number of thioether (sulfide) groups is 1. The molecule has 3 aromatic rings. The van der Waals surface area contributed by atoms with Crippen molar-refractivity contribution >= 4 is 40.6 Å². The van der Waals surface area contributed by atoms with Crippen molar-refractivity contribution in [1.29, 1.82) is 0 Å². The summed E-state index contributed by atoms with van der Waals surface area (Å²) in [7, 11) is 0. The van der Waals surface area contributed by atoms with E-state index in [1.165, 1.54) is 11.8 Å². The molecule has 7 heteroatoms. The molecular formula is C23H25N3O2S2. The van der Waals surface area contributed by atoms with Crippen molar-refractivity contribution in [1.82, 2.24) is 10.3 Å². The number of amides is 2. The van der Waals surface area contributed by atoms with Crippen LogP contribution >= 0.6 is 23.1 Å². The minimum atomic E-state index is -0.103. The highest BCUT2D eigenvalue weighted by molar-refractivity contribution is 8.00. The number of aryl methyl sites for hydroxylation is 2. The van der Waals surface area contributed by atoms with E-state index in [0.717, 1.165) is 39.5 Å². The lowest BCUT2D eigenvalue weighted by molar-refractivity contribution is -0.118. The standard InChI is InChI=1S/C23H25N3O2S2/c1-16-4-3-5-20(12-16)26-23(28)15-29-14-22(27)24-11-10-18-6-8-19(9-7-18)21-13-30-17(2)25-21/h3-9,12-13H,10-11,14-15H2,1-2H3,(H,24,27)(H,26,28). The third-order valence-corrected chi connectivity index (χ3v) is 6.08. The molecule has 0 aliphatic rings. The lowest BCUT2D eigenvalue weighted by Crippen LogP contribution is -2.28. The molecule has 0 bridgehead atoms. The Bertz CT molecular complexity index is 1000. The number of thiazole rings is 1. The zero-order valence-electron chi connectivity index (χ0n) is 17.1. The normalized spacial score (nSPS) is 10.6. The summed E-state index contributed by atoms with van der Waals surface area (Å²) in [5, 5.41) is 8.87. The molecule has 2 amide bonds. The van der Waals surface area contributed by atoms with Gasteiger partial charge in [-0.1, -0.05) is 36.4 Å². The van der Waals surface area contributed by atoms with Crippen LogP contribution in [0, 0.1) is 13.8 Å². The van der Waals surface area contributed by atoms with Gasteiger partial charge in [-0.3, -0.25) is 9.59 Å². The summed E-state index contributed by atoms with van der Waals surface area (Å²) < 4.78 is 0. The molecule has 0 fully saturated rings. The molecule has 0 saturated heterocycles. The molecule has 0 atom stereocenters. The van der Waals surface area contributed by atoms with E-state index in [-0.39, 0.29) is 23.3 Å². The van der Waals surface area contributed by atoms with Crippen molar-refractivity contribution in [3.63, 3.8) is 0 Å². The fourth-order valence-electron chi connectivity index (χ4n) is 2.89. The van der Waals surface area contributed by atoms with Gasteiger partial charge in [0.05, 0.1) is 22.2 Å². The van der Waals surface area contributed by atoms with Crippen LogP contribution in [0.15, 0.2) is 53.9 Å². The van der Waals surface area contributed by atoms with E-state index < -0.39 is 0 Å². The highest BCUT2D eigenvalue weighted by Gasteiger charge is 2.07. The summed E-state index contributed by atoms with van der Waals surface area (Å²) >= 11 is 2.95. The van der Waals surface area contributed by atoms with Crippen LogP contribution < -0.4 is 10.6 Å². The molecule has 0 aliphatic heterocycles. The fourth-order valence-corrected chi connectivity index (χ4v) is 4.16. The van der Waals surface area contributed by atoms with Gasteiger partial charge in [-0.25, -0.2) is 4.98 Å². The Morgan fingerprint density at radius 1 is 1.03 bits per heavy atom. The van der Waals surface area contributed by atoms with Crippen LogP contribution in [-0.2, 0) is 16.0 Å². The highest BCUT2D eigenvalue weighted by atomic mass is 32.2. The predicted octanol–water partition coefficient (Wildman–Crippen LogP) is 4.46. The number of hydrogen-bond donors (Lipinski definition) is 2. The average molecular weight is 440 g/mol. The van der Waals surface area contributed by atoms with Crippen LogP contribution in [0.2, 0.25) is 0 Å². The Labute approximate surface area is 185 Å². The number of nitrogens with zero attached hydrogens (tertiary/aromatic N) is 1. The van der Waals surface area contributed by atoms with Gasteiger partial charge in [0.2, 0.25) is 11.8 Å². The van der Waals surface area contributed by atoms with E-state index in [2.05, 4.69) is 45.3 Å². The topological polar surface area (TPSA) is 71.1 Å². The third-order valence-electron chi connectivity index (χ3n) is 4.37. The van der Waals surface area contributed by atoms with E-state index in [9.17, 15) is 9.59 Å². The summed E-state index contributed by atoms with van der Waals surface area (Å²) in [6.07, 6.45) is 0.765. The van der Waals surface area contributed by atoms with Gasteiger partial charge in [-0.15, -0.1) is 23.1 Å². The molecule has 1 heterocycles. The lowest BCUT2D eigenvalue weighted by Gasteiger charge is -2.07. The molecule has 0 saturated carbocycles. The second-order valence-corrected chi connectivity index (χ2v) is 9.01. The predicted molar refractivity (Wildman–Crippen MR) is 126 cm³/mol. The number of nitrogens with one attached hydrogen (secondary N) is 2. The summed E-state index contributed by atoms with van der Waals surface area (Å²) in [6.45, 7) is 4.55. The molecule has 1 aromatic heterocycles. The van der Waals surface area contributed by atoms with E-state index in [4.69, 9.17) is 0 Å². The lowest BCUT2D eigenvalue weighted by atomic mass is 10.1. The van der Waals surface area contributed by atoms with Gasteiger partial charge in [0.25, 0.3) is 0 Å². The molecule has 2 N–H and O–H groups in total. The van der Waals surface area contributed by atoms with Crippen molar-refractivity contribution in [2.75, 3.05) is 23.4 Å². The second kappa shape index (κ2) is 10.9. The van der Waals surface area contributed by atoms with Crippen molar-refractivity contribution in [2.45, 2.75) is 20.3 Å². The molecule has 0 spiro atoms. The summed E-state index contributed by atoms with van der Waals surface area (Å²) in [5.41, 5.74) is 5.14. The molecule has 156 valence electrons. The van der Waals surface area contributed by atoms with Crippen LogP contribution in [0.1, 0.15) is 16.1 Å². The first-order valence-corrected chi connectivity index (χ1v) is 11.8. The van der Waals surface area contributed by atoms with Crippen LogP contribution in [0.25, 0.3) is 11.3 Å². The molecule has 3 rings (SSSR count). The Morgan fingerprint density at radius 2 is 1.80 bits per heavy atom. The number of rotatable bonds is 9. The Hall–Kier alpha value is -2.64. The van der Waals surface area contributed by atoms with Gasteiger partial charge < -0.3 is 10.6 Å². The number of carbonyl (C=O) groups excluding carboxylic acids is 2. The third kappa shape index (κ3) is 7.00. The second-order valence-electron chi connectivity index (χ2n) is 6.96. The van der Waals surface area contributed by atoms with Gasteiger partial charge in [-0.05, 0) is 43.5 Å². The van der Waals surface area contributed by atoms with Crippen LogP contribution in [-0.4, -0.2) is 34.8 Å².